The number of carbonyl (C=O) groups is 1. The van der Waals surface area contributed by atoms with Crippen LogP contribution in [0.2, 0.25) is 5.02 Å². The summed E-state index contributed by atoms with van der Waals surface area (Å²) >= 11 is 6.32. The average Bonchev–Trinajstić information content (AvgIpc) is 2.80. The highest BCUT2D eigenvalue weighted by Crippen LogP contribution is 2.25. The Morgan fingerprint density at radius 2 is 2.13 bits per heavy atom. The van der Waals surface area contributed by atoms with Crippen LogP contribution in [-0.4, -0.2) is 21.7 Å². The molecule has 1 aliphatic rings. The van der Waals surface area contributed by atoms with Crippen LogP contribution in [-0.2, 0) is 18.4 Å². The van der Waals surface area contributed by atoms with Crippen LogP contribution in [0.1, 0.15) is 35.8 Å². The van der Waals surface area contributed by atoms with Crippen LogP contribution in [0.4, 0.5) is 0 Å². The number of benzene rings is 1. The summed E-state index contributed by atoms with van der Waals surface area (Å²) in [5.41, 5.74) is 2.92. The molecule has 0 aliphatic carbocycles. The van der Waals surface area contributed by atoms with Gasteiger partial charge in [0.25, 0.3) is 0 Å². The molecule has 1 amide bonds. The minimum absolute atomic E-state index is 0.0226. The van der Waals surface area contributed by atoms with E-state index in [2.05, 4.69) is 15.7 Å². The van der Waals surface area contributed by atoms with Crippen molar-refractivity contribution in [3.05, 3.63) is 52.3 Å². The largest absolute Gasteiger partial charge is 0.348 e. The first-order valence-corrected chi connectivity index (χ1v) is 8.19. The minimum Gasteiger partial charge on any atom is -0.348 e. The van der Waals surface area contributed by atoms with E-state index >= 15 is 0 Å². The summed E-state index contributed by atoms with van der Waals surface area (Å²) < 4.78 is 1.81. The van der Waals surface area contributed by atoms with E-state index in [-0.39, 0.29) is 18.0 Å². The summed E-state index contributed by atoms with van der Waals surface area (Å²) in [4.78, 5) is 11.8. The lowest BCUT2D eigenvalue weighted by Gasteiger charge is -2.33. The Balaban J connectivity index is 1.76. The third-order valence-electron chi connectivity index (χ3n) is 4.35. The molecule has 0 unspecified atom stereocenters. The van der Waals surface area contributed by atoms with Crippen molar-refractivity contribution in [1.82, 2.24) is 20.4 Å². The summed E-state index contributed by atoms with van der Waals surface area (Å²) in [6.45, 7) is 2.53. The third-order valence-corrected chi connectivity index (χ3v) is 4.84. The average molecular weight is 333 g/mol. The predicted octanol–water partition coefficient (Wildman–Crippen LogP) is 2.49. The van der Waals surface area contributed by atoms with Gasteiger partial charge in [-0.3, -0.25) is 9.48 Å². The van der Waals surface area contributed by atoms with Gasteiger partial charge in [0.05, 0.1) is 22.5 Å². The number of hydrogen-bond acceptors (Lipinski definition) is 3. The molecule has 1 saturated heterocycles. The van der Waals surface area contributed by atoms with Crippen molar-refractivity contribution in [3.8, 4) is 0 Å². The molecule has 1 fully saturated rings. The van der Waals surface area contributed by atoms with Gasteiger partial charge in [0, 0.05) is 26.1 Å². The molecule has 2 heterocycles. The van der Waals surface area contributed by atoms with Crippen LogP contribution in [0.5, 0.6) is 0 Å². The summed E-state index contributed by atoms with van der Waals surface area (Å²) in [5.74, 6) is 0.103. The summed E-state index contributed by atoms with van der Waals surface area (Å²) in [7, 11) is 1.90. The topological polar surface area (TPSA) is 59.0 Å². The second-order valence-corrected chi connectivity index (χ2v) is 6.33. The first-order chi connectivity index (χ1) is 11.1. The van der Waals surface area contributed by atoms with E-state index in [4.69, 9.17) is 11.6 Å². The molecule has 0 radical (unpaired) electrons. The van der Waals surface area contributed by atoms with E-state index in [1.165, 1.54) is 0 Å². The van der Waals surface area contributed by atoms with Gasteiger partial charge in [-0.05, 0) is 18.9 Å². The van der Waals surface area contributed by atoms with E-state index in [0.29, 0.717) is 18.0 Å². The fourth-order valence-corrected chi connectivity index (χ4v) is 3.32. The van der Waals surface area contributed by atoms with E-state index in [0.717, 1.165) is 23.4 Å². The first-order valence-electron chi connectivity index (χ1n) is 7.82. The van der Waals surface area contributed by atoms with Crippen molar-refractivity contribution in [2.45, 2.75) is 38.4 Å². The maximum absolute atomic E-state index is 11.8. The summed E-state index contributed by atoms with van der Waals surface area (Å²) in [6, 6.07) is 10.2. The second-order valence-electron chi connectivity index (χ2n) is 5.95. The van der Waals surface area contributed by atoms with Gasteiger partial charge in [0.1, 0.15) is 0 Å². The van der Waals surface area contributed by atoms with Gasteiger partial charge in [-0.25, -0.2) is 0 Å². The van der Waals surface area contributed by atoms with Crippen molar-refractivity contribution in [2.24, 2.45) is 7.05 Å². The second kappa shape index (κ2) is 6.72. The zero-order chi connectivity index (χ0) is 16.4. The Hall–Kier alpha value is -1.85. The van der Waals surface area contributed by atoms with Gasteiger partial charge < -0.3 is 10.6 Å². The van der Waals surface area contributed by atoms with Gasteiger partial charge in [-0.1, -0.05) is 41.9 Å². The molecule has 6 heteroatoms. The number of nitrogens with zero attached hydrogens (tertiary/aromatic N) is 2. The number of hydrogen-bond donors (Lipinski definition) is 2. The van der Waals surface area contributed by atoms with Gasteiger partial charge in [0.15, 0.2) is 0 Å². The number of aryl methyl sites for hydroxylation is 2. The molecule has 1 aliphatic heterocycles. The van der Waals surface area contributed by atoms with Gasteiger partial charge >= 0.3 is 0 Å². The predicted molar refractivity (Wildman–Crippen MR) is 90.1 cm³/mol. The van der Waals surface area contributed by atoms with Crippen LogP contribution in [0.15, 0.2) is 30.3 Å². The van der Waals surface area contributed by atoms with Crippen LogP contribution < -0.4 is 10.6 Å². The van der Waals surface area contributed by atoms with Crippen molar-refractivity contribution < 1.29 is 4.79 Å². The Bertz CT molecular complexity index is 698. The molecule has 23 heavy (non-hydrogen) atoms. The van der Waals surface area contributed by atoms with E-state index in [9.17, 15) is 4.79 Å². The number of rotatable bonds is 4. The molecule has 2 aromatic rings. The molecule has 1 aromatic carbocycles. The van der Waals surface area contributed by atoms with Crippen LogP contribution in [0, 0.1) is 6.92 Å². The number of amides is 1. The van der Waals surface area contributed by atoms with E-state index in [1.807, 2.05) is 49.0 Å². The highest BCUT2D eigenvalue weighted by molar-refractivity contribution is 6.31. The lowest BCUT2D eigenvalue weighted by Crippen LogP contribution is -2.48. The quantitative estimate of drug-likeness (QED) is 0.904. The third kappa shape index (κ3) is 3.41. The van der Waals surface area contributed by atoms with Gasteiger partial charge in [-0.15, -0.1) is 0 Å². The summed E-state index contributed by atoms with van der Waals surface area (Å²) in [6.07, 6.45) is 1.35. The molecule has 2 atom stereocenters. The number of halogens is 1. The fourth-order valence-electron chi connectivity index (χ4n) is 3.10. The highest BCUT2D eigenvalue weighted by atomic mass is 35.5. The van der Waals surface area contributed by atoms with Crippen molar-refractivity contribution >= 4 is 17.5 Å². The summed E-state index contributed by atoms with van der Waals surface area (Å²) in [5, 5.41) is 11.7. The molecular weight excluding hydrogens is 312 g/mol. The first kappa shape index (κ1) is 16.0. The zero-order valence-electron chi connectivity index (χ0n) is 13.3. The lowest BCUT2D eigenvalue weighted by molar-refractivity contribution is -0.123. The zero-order valence-corrected chi connectivity index (χ0v) is 14.1. The molecule has 5 nitrogen and oxygen atoms in total. The normalized spacial score (nSPS) is 21.3. The van der Waals surface area contributed by atoms with Gasteiger partial charge in [0.2, 0.25) is 5.91 Å². The van der Waals surface area contributed by atoms with E-state index < -0.39 is 0 Å². The van der Waals surface area contributed by atoms with Gasteiger partial charge in [-0.2, -0.15) is 5.10 Å². The monoisotopic (exact) mass is 332 g/mol. The van der Waals surface area contributed by atoms with Crippen LogP contribution in [0.3, 0.4) is 0 Å². The SMILES string of the molecule is Cc1nn(C)c(CN[C@@H]2CCC(=O)N[C@H]2c2ccccc2)c1Cl. The van der Waals surface area contributed by atoms with Crippen molar-refractivity contribution in [3.63, 3.8) is 0 Å². The Morgan fingerprint density at radius 1 is 1.39 bits per heavy atom. The Morgan fingerprint density at radius 3 is 2.78 bits per heavy atom. The molecule has 3 rings (SSSR count). The minimum atomic E-state index is -0.0226. The van der Waals surface area contributed by atoms with Crippen LogP contribution >= 0.6 is 11.6 Å². The number of aromatic nitrogens is 2. The molecule has 0 saturated carbocycles. The lowest BCUT2D eigenvalue weighted by atomic mass is 9.92. The molecule has 122 valence electrons. The van der Waals surface area contributed by atoms with Crippen molar-refractivity contribution in [1.29, 1.82) is 0 Å². The molecule has 0 spiro atoms. The van der Waals surface area contributed by atoms with Crippen molar-refractivity contribution in [2.75, 3.05) is 0 Å². The number of carbonyl (C=O) groups excluding carboxylic acids is 1. The standard InChI is InChI=1S/C17H21ClN4O/c1-11-16(18)14(22(2)21-11)10-19-13-8-9-15(23)20-17(13)12-6-4-3-5-7-12/h3-7,13,17,19H,8-10H2,1-2H3,(H,20,23)/t13-,17+/m1/s1. The maximum atomic E-state index is 11.8. The smallest absolute Gasteiger partial charge is 0.220 e. The molecular formula is C17H21ClN4O. The molecule has 0 bridgehead atoms. The Labute approximate surface area is 141 Å². The fraction of sp³-hybridized carbons (Fsp3) is 0.412. The number of nitrogens with one attached hydrogen (secondary N) is 2. The molecule has 1 aromatic heterocycles. The Kier molecular flexibility index (Phi) is 4.68. The maximum Gasteiger partial charge on any atom is 0.220 e. The molecule has 2 N–H and O–H groups in total. The van der Waals surface area contributed by atoms with Crippen LogP contribution in [0.25, 0.3) is 0 Å². The highest BCUT2D eigenvalue weighted by Gasteiger charge is 2.29. The number of piperidine rings is 1. The van der Waals surface area contributed by atoms with E-state index in [1.54, 1.807) is 0 Å².